The van der Waals surface area contributed by atoms with E-state index in [1.165, 1.54) is 6.34 Å². The van der Waals surface area contributed by atoms with E-state index >= 15 is 0 Å². The summed E-state index contributed by atoms with van der Waals surface area (Å²) in [6, 6.07) is 1.88. The number of pyridine rings is 1. The first-order valence-electron chi connectivity index (χ1n) is 2.75. The van der Waals surface area contributed by atoms with Crippen LogP contribution in [0.3, 0.4) is 0 Å². The molecule has 0 amide bonds. The summed E-state index contributed by atoms with van der Waals surface area (Å²) in [5.74, 6) is 0.697. The van der Waals surface area contributed by atoms with Crippen LogP contribution in [-0.2, 0) is 0 Å². The molecule has 0 spiro atoms. The lowest BCUT2D eigenvalue weighted by molar-refractivity contribution is 1.19. The van der Waals surface area contributed by atoms with Crippen LogP contribution in [0.1, 0.15) is 0 Å². The van der Waals surface area contributed by atoms with Crippen molar-refractivity contribution in [2.75, 3.05) is 0 Å². The standard InChI is InChI=1S/C6H3BrN3/c7-4-1-5-6(8-2-4)10-3-9-5/h1-3H. The number of aromatic nitrogens is 1. The molecule has 1 aliphatic rings. The summed E-state index contributed by atoms with van der Waals surface area (Å²) in [7, 11) is 0. The van der Waals surface area contributed by atoms with Crippen LogP contribution < -0.4 is 5.32 Å². The number of hydrogen-bond donors (Lipinski definition) is 0. The fraction of sp³-hybridized carbons (Fsp3) is 0. The first kappa shape index (κ1) is 5.85. The topological polar surface area (TPSA) is 39.4 Å². The molecule has 0 aromatic carbocycles. The Kier molecular flexibility index (Phi) is 1.20. The molecular weight excluding hydrogens is 194 g/mol. The Hall–Kier alpha value is -0.900. The molecule has 49 valence electrons. The van der Waals surface area contributed by atoms with Gasteiger partial charge in [-0.2, -0.15) is 0 Å². The van der Waals surface area contributed by atoms with E-state index in [0.29, 0.717) is 5.82 Å². The number of aliphatic imine (C=N–C) groups is 1. The van der Waals surface area contributed by atoms with Gasteiger partial charge >= 0.3 is 0 Å². The van der Waals surface area contributed by atoms with Crippen LogP contribution >= 0.6 is 15.9 Å². The summed E-state index contributed by atoms with van der Waals surface area (Å²) < 4.78 is 0.931. The molecule has 1 radical (unpaired) electrons. The molecule has 1 aromatic heterocycles. The fourth-order valence-corrected chi connectivity index (χ4v) is 1.08. The van der Waals surface area contributed by atoms with Gasteiger partial charge in [0.2, 0.25) is 0 Å². The highest BCUT2D eigenvalue weighted by molar-refractivity contribution is 9.10. The Morgan fingerprint density at radius 2 is 2.30 bits per heavy atom. The molecule has 0 unspecified atom stereocenters. The summed E-state index contributed by atoms with van der Waals surface area (Å²) in [6.07, 6.45) is 3.21. The van der Waals surface area contributed by atoms with Gasteiger partial charge in [-0.1, -0.05) is 0 Å². The van der Waals surface area contributed by atoms with Crippen molar-refractivity contribution in [1.82, 2.24) is 10.3 Å². The summed E-state index contributed by atoms with van der Waals surface area (Å²) >= 11 is 3.29. The summed E-state index contributed by atoms with van der Waals surface area (Å²) in [5.41, 5.74) is 0.828. The maximum Gasteiger partial charge on any atom is 0.179 e. The Morgan fingerprint density at radius 1 is 1.40 bits per heavy atom. The van der Waals surface area contributed by atoms with Gasteiger partial charge in [-0.25, -0.2) is 15.3 Å². The van der Waals surface area contributed by atoms with E-state index in [2.05, 4.69) is 31.2 Å². The molecule has 0 saturated carbocycles. The van der Waals surface area contributed by atoms with Crippen LogP contribution in [0.25, 0.3) is 0 Å². The van der Waals surface area contributed by atoms with Gasteiger partial charge in [0.1, 0.15) is 12.0 Å². The average molecular weight is 197 g/mol. The van der Waals surface area contributed by atoms with Gasteiger partial charge in [-0.3, -0.25) is 0 Å². The number of hydrogen-bond acceptors (Lipinski definition) is 2. The molecular formula is C6H3BrN3. The van der Waals surface area contributed by atoms with Crippen LogP contribution in [0.5, 0.6) is 0 Å². The van der Waals surface area contributed by atoms with Gasteiger partial charge in [0, 0.05) is 10.7 Å². The molecule has 2 heterocycles. The minimum Gasteiger partial charge on any atom is -0.234 e. The molecule has 1 aliphatic heterocycles. The van der Waals surface area contributed by atoms with Crippen LogP contribution in [0.15, 0.2) is 21.7 Å². The van der Waals surface area contributed by atoms with Crippen molar-refractivity contribution in [2.45, 2.75) is 0 Å². The molecule has 0 bridgehead atoms. The summed E-state index contributed by atoms with van der Waals surface area (Å²) in [4.78, 5) is 8.00. The van der Waals surface area contributed by atoms with Crippen LogP contribution in [0, 0.1) is 0 Å². The largest absolute Gasteiger partial charge is 0.234 e. The highest BCUT2D eigenvalue weighted by Gasteiger charge is 2.07. The van der Waals surface area contributed by atoms with Gasteiger partial charge in [0.25, 0.3) is 0 Å². The third-order valence-electron chi connectivity index (χ3n) is 1.19. The van der Waals surface area contributed by atoms with Gasteiger partial charge in [-0.15, -0.1) is 0 Å². The lowest BCUT2D eigenvalue weighted by Crippen LogP contribution is -1.87. The predicted octanol–water partition coefficient (Wildman–Crippen LogP) is 1.75. The molecule has 4 heteroatoms. The highest BCUT2D eigenvalue weighted by Crippen LogP contribution is 2.28. The second-order valence-corrected chi connectivity index (χ2v) is 2.79. The first-order chi connectivity index (χ1) is 4.86. The zero-order valence-corrected chi connectivity index (χ0v) is 6.54. The maximum absolute atomic E-state index is 4.02. The fourth-order valence-electron chi connectivity index (χ4n) is 0.762. The minimum atomic E-state index is 0.697. The third kappa shape index (κ3) is 0.806. The number of fused-ring (bicyclic) bond motifs is 1. The Balaban J connectivity index is 2.60. The number of rotatable bonds is 0. The van der Waals surface area contributed by atoms with E-state index in [1.807, 2.05) is 6.07 Å². The quantitative estimate of drug-likeness (QED) is 0.624. The first-order valence-corrected chi connectivity index (χ1v) is 3.54. The monoisotopic (exact) mass is 196 g/mol. The molecule has 0 atom stereocenters. The highest BCUT2D eigenvalue weighted by atomic mass is 79.9. The van der Waals surface area contributed by atoms with E-state index in [-0.39, 0.29) is 0 Å². The molecule has 1 aromatic rings. The summed E-state index contributed by atoms with van der Waals surface area (Å²) in [6.45, 7) is 0. The van der Waals surface area contributed by atoms with E-state index in [4.69, 9.17) is 0 Å². The van der Waals surface area contributed by atoms with Crippen LogP contribution in [-0.4, -0.2) is 11.3 Å². The van der Waals surface area contributed by atoms with Crippen LogP contribution in [0.2, 0.25) is 0 Å². The lowest BCUT2D eigenvalue weighted by Gasteiger charge is -1.92. The van der Waals surface area contributed by atoms with E-state index in [1.54, 1.807) is 6.20 Å². The Bertz CT molecular complexity index is 295. The Labute approximate surface area is 66.3 Å². The van der Waals surface area contributed by atoms with Gasteiger partial charge in [0.05, 0.1) is 0 Å². The number of halogens is 1. The van der Waals surface area contributed by atoms with E-state index in [9.17, 15) is 0 Å². The second-order valence-electron chi connectivity index (χ2n) is 1.87. The van der Waals surface area contributed by atoms with Crippen molar-refractivity contribution in [3.05, 3.63) is 16.7 Å². The van der Waals surface area contributed by atoms with Crippen molar-refractivity contribution in [2.24, 2.45) is 4.99 Å². The third-order valence-corrected chi connectivity index (χ3v) is 1.62. The SMILES string of the molecule is Brc1cnc2c(c1)N=C[N]2. The van der Waals surface area contributed by atoms with E-state index < -0.39 is 0 Å². The van der Waals surface area contributed by atoms with Crippen molar-refractivity contribution in [3.63, 3.8) is 0 Å². The lowest BCUT2D eigenvalue weighted by atomic mass is 10.4. The molecule has 10 heavy (non-hydrogen) atoms. The Morgan fingerprint density at radius 3 is 3.20 bits per heavy atom. The maximum atomic E-state index is 4.02. The van der Waals surface area contributed by atoms with E-state index in [0.717, 1.165) is 10.2 Å². The molecule has 0 N–H and O–H groups in total. The molecule has 0 aliphatic carbocycles. The van der Waals surface area contributed by atoms with Gasteiger partial charge < -0.3 is 0 Å². The smallest absolute Gasteiger partial charge is 0.179 e. The molecule has 2 rings (SSSR count). The number of nitrogens with zero attached hydrogens (tertiary/aromatic N) is 3. The van der Waals surface area contributed by atoms with Crippen LogP contribution in [0.4, 0.5) is 11.5 Å². The zero-order chi connectivity index (χ0) is 6.97. The molecule has 0 saturated heterocycles. The predicted molar refractivity (Wildman–Crippen MR) is 41.9 cm³/mol. The average Bonchev–Trinajstić information content (AvgIpc) is 2.33. The van der Waals surface area contributed by atoms with Crippen molar-refractivity contribution in [3.8, 4) is 0 Å². The minimum absolute atomic E-state index is 0.697. The van der Waals surface area contributed by atoms with Crippen molar-refractivity contribution in [1.29, 1.82) is 0 Å². The van der Waals surface area contributed by atoms with Crippen molar-refractivity contribution < 1.29 is 0 Å². The zero-order valence-electron chi connectivity index (χ0n) is 4.95. The molecule has 3 nitrogen and oxygen atoms in total. The van der Waals surface area contributed by atoms with Gasteiger partial charge in [-0.05, 0) is 22.0 Å². The van der Waals surface area contributed by atoms with Crippen molar-refractivity contribution >= 4 is 33.8 Å². The normalized spacial score (nSPS) is 12.9. The molecule has 0 fully saturated rings. The second kappa shape index (κ2) is 2.05. The summed E-state index contributed by atoms with van der Waals surface area (Å²) in [5, 5.41) is 3.92. The van der Waals surface area contributed by atoms with Gasteiger partial charge in [0.15, 0.2) is 5.82 Å².